The molecular weight excluding hydrogens is 452 g/mol. The maximum Gasteiger partial charge on any atom is 0.302 e. The van der Waals surface area contributed by atoms with E-state index < -0.39 is 0 Å². The van der Waals surface area contributed by atoms with E-state index in [2.05, 4.69) is 12.6 Å². The van der Waals surface area contributed by atoms with E-state index in [9.17, 15) is 19.5 Å². The minimum Gasteiger partial charge on any atom is -0.508 e. The van der Waals surface area contributed by atoms with Crippen molar-refractivity contribution in [3.05, 3.63) is 58.7 Å². The lowest BCUT2D eigenvalue weighted by Crippen LogP contribution is -2.24. The normalized spacial score (nSPS) is 12.8. The van der Waals surface area contributed by atoms with Gasteiger partial charge in [-0.05, 0) is 66.0 Å². The molecule has 0 fully saturated rings. The molecule has 2 atom stereocenters. The van der Waals surface area contributed by atoms with Crippen molar-refractivity contribution in [2.45, 2.75) is 58.3 Å². The molecule has 0 heterocycles. The Morgan fingerprint density at radius 1 is 0.912 bits per heavy atom. The molecule has 0 aliphatic carbocycles. The van der Waals surface area contributed by atoms with Crippen molar-refractivity contribution in [2.75, 3.05) is 13.2 Å². The number of thiol groups is 1. The number of hydrogen-bond acceptors (Lipinski definition) is 7. The third-order valence-corrected chi connectivity index (χ3v) is 6.24. The summed E-state index contributed by atoms with van der Waals surface area (Å²) in [5, 5.41) is 9.67. The van der Waals surface area contributed by atoms with Gasteiger partial charge in [0.15, 0.2) is 5.78 Å². The smallest absolute Gasteiger partial charge is 0.302 e. The lowest BCUT2D eigenvalue weighted by atomic mass is 9.86. The first-order valence-corrected chi connectivity index (χ1v) is 11.9. The number of benzene rings is 2. The van der Waals surface area contributed by atoms with E-state index in [1.54, 1.807) is 6.07 Å². The molecule has 0 radical (unpaired) electrons. The molecule has 0 aliphatic heterocycles. The fraction of sp³-hybridized carbons (Fsp3) is 0.444. The van der Waals surface area contributed by atoms with Crippen LogP contribution in [-0.4, -0.2) is 36.0 Å². The molecule has 0 aromatic heterocycles. The standard InChI is InChI=1S/C27H34O6S/c1-16(2)23-10-7-20(12-25(23)27(31)24-11-9-22(30)13-26(24)34)6-8-21(15-33-19(5)29)17(3)14-32-18(4)28/h7,9-13,16-17,21,30,34H,6,8,14-15H2,1-5H3/t17-,21?/m1/s1. The van der Waals surface area contributed by atoms with Gasteiger partial charge in [0.05, 0.1) is 13.2 Å². The number of carbonyl (C=O) groups is 3. The highest BCUT2D eigenvalue weighted by molar-refractivity contribution is 7.80. The summed E-state index contributed by atoms with van der Waals surface area (Å²) in [6.45, 7) is 9.27. The summed E-state index contributed by atoms with van der Waals surface area (Å²) in [5.41, 5.74) is 2.97. The monoisotopic (exact) mass is 486 g/mol. The van der Waals surface area contributed by atoms with Crippen LogP contribution in [0.1, 0.15) is 74.0 Å². The molecule has 0 bridgehead atoms. The fourth-order valence-electron chi connectivity index (χ4n) is 3.81. The highest BCUT2D eigenvalue weighted by atomic mass is 32.1. The maximum absolute atomic E-state index is 13.4. The second-order valence-electron chi connectivity index (χ2n) is 8.99. The van der Waals surface area contributed by atoms with Crippen molar-refractivity contribution in [1.29, 1.82) is 0 Å². The van der Waals surface area contributed by atoms with Crippen LogP contribution in [0.4, 0.5) is 0 Å². The molecule has 1 N–H and O–H groups in total. The Bertz CT molecular complexity index is 1030. The molecule has 2 aromatic rings. The molecule has 1 unspecified atom stereocenters. The summed E-state index contributed by atoms with van der Waals surface area (Å²) >= 11 is 4.38. The summed E-state index contributed by atoms with van der Waals surface area (Å²) in [7, 11) is 0. The number of aryl methyl sites for hydroxylation is 1. The van der Waals surface area contributed by atoms with Crippen LogP contribution in [0.5, 0.6) is 5.75 Å². The SMILES string of the molecule is CC(=O)OCC(CCc1ccc(C(C)C)c(C(=O)c2ccc(O)cc2S)c1)[C@H](C)COC(C)=O. The van der Waals surface area contributed by atoms with E-state index in [0.29, 0.717) is 28.9 Å². The van der Waals surface area contributed by atoms with Crippen molar-refractivity contribution in [3.63, 3.8) is 0 Å². The van der Waals surface area contributed by atoms with Gasteiger partial charge in [-0.15, -0.1) is 12.6 Å². The van der Waals surface area contributed by atoms with Gasteiger partial charge in [-0.1, -0.05) is 32.9 Å². The first kappa shape index (κ1) is 27.4. The average Bonchev–Trinajstić information content (AvgIpc) is 2.76. The van der Waals surface area contributed by atoms with Gasteiger partial charge in [-0.3, -0.25) is 14.4 Å². The first-order valence-electron chi connectivity index (χ1n) is 11.5. The van der Waals surface area contributed by atoms with Gasteiger partial charge in [0.25, 0.3) is 0 Å². The number of ketones is 1. The molecule has 184 valence electrons. The van der Waals surface area contributed by atoms with Gasteiger partial charge in [-0.25, -0.2) is 0 Å². The van der Waals surface area contributed by atoms with Gasteiger partial charge in [-0.2, -0.15) is 0 Å². The number of hydrogen-bond donors (Lipinski definition) is 2. The summed E-state index contributed by atoms with van der Waals surface area (Å²) < 4.78 is 10.4. The minimum atomic E-state index is -0.352. The minimum absolute atomic E-state index is 0.00280. The zero-order chi connectivity index (χ0) is 25.4. The summed E-state index contributed by atoms with van der Waals surface area (Å²) in [6.07, 6.45) is 1.36. The average molecular weight is 487 g/mol. The highest BCUT2D eigenvalue weighted by Gasteiger charge is 2.22. The number of esters is 2. The van der Waals surface area contributed by atoms with Crippen LogP contribution in [0.15, 0.2) is 41.3 Å². The van der Waals surface area contributed by atoms with Crippen LogP contribution < -0.4 is 0 Å². The first-order chi connectivity index (χ1) is 16.0. The Balaban J connectivity index is 2.27. The summed E-state index contributed by atoms with van der Waals surface area (Å²) in [6, 6.07) is 10.4. The van der Waals surface area contributed by atoms with Gasteiger partial charge in [0.2, 0.25) is 0 Å². The number of phenolic OH excluding ortho intramolecular Hbond substituents is 1. The van der Waals surface area contributed by atoms with E-state index in [1.807, 2.05) is 39.0 Å². The zero-order valence-electron chi connectivity index (χ0n) is 20.5. The number of phenols is 1. The second kappa shape index (κ2) is 12.6. The van der Waals surface area contributed by atoms with E-state index in [-0.39, 0.29) is 54.4 Å². The van der Waals surface area contributed by atoms with Gasteiger partial charge < -0.3 is 14.6 Å². The predicted molar refractivity (Wildman–Crippen MR) is 134 cm³/mol. The van der Waals surface area contributed by atoms with Crippen LogP contribution in [0.25, 0.3) is 0 Å². The molecule has 34 heavy (non-hydrogen) atoms. The number of carbonyl (C=O) groups excluding carboxylic acids is 3. The lowest BCUT2D eigenvalue weighted by Gasteiger charge is -2.23. The Morgan fingerprint density at radius 2 is 1.56 bits per heavy atom. The van der Waals surface area contributed by atoms with Gasteiger partial charge in [0.1, 0.15) is 5.75 Å². The van der Waals surface area contributed by atoms with Gasteiger partial charge in [0, 0.05) is 29.9 Å². The van der Waals surface area contributed by atoms with Crippen molar-refractivity contribution in [3.8, 4) is 5.75 Å². The fourth-order valence-corrected chi connectivity index (χ4v) is 4.12. The van der Waals surface area contributed by atoms with E-state index in [4.69, 9.17) is 9.47 Å². The van der Waals surface area contributed by atoms with Crippen LogP contribution in [0.2, 0.25) is 0 Å². The number of aromatic hydroxyl groups is 1. The van der Waals surface area contributed by atoms with E-state index in [1.165, 1.54) is 26.0 Å². The molecule has 2 aromatic carbocycles. The zero-order valence-corrected chi connectivity index (χ0v) is 21.4. The molecule has 6 nitrogen and oxygen atoms in total. The Kier molecular flexibility index (Phi) is 10.2. The summed E-state index contributed by atoms with van der Waals surface area (Å²) in [4.78, 5) is 36.4. The van der Waals surface area contributed by atoms with Gasteiger partial charge >= 0.3 is 11.9 Å². The molecule has 0 amide bonds. The molecular formula is C27H34O6S. The van der Waals surface area contributed by atoms with Crippen LogP contribution >= 0.6 is 12.6 Å². The van der Waals surface area contributed by atoms with Crippen molar-refractivity contribution < 1.29 is 29.0 Å². The molecule has 0 aliphatic rings. The third kappa shape index (κ3) is 7.90. The molecule has 0 saturated heterocycles. The largest absolute Gasteiger partial charge is 0.508 e. The number of ether oxygens (including phenoxy) is 2. The third-order valence-electron chi connectivity index (χ3n) is 5.87. The van der Waals surface area contributed by atoms with E-state index in [0.717, 1.165) is 11.1 Å². The predicted octanol–water partition coefficient (Wildman–Crippen LogP) is 5.35. The van der Waals surface area contributed by atoms with E-state index >= 15 is 0 Å². The van der Waals surface area contributed by atoms with Crippen LogP contribution in [0.3, 0.4) is 0 Å². The van der Waals surface area contributed by atoms with Crippen molar-refractivity contribution >= 4 is 30.4 Å². The molecule has 2 rings (SSSR count). The Hall–Kier alpha value is -2.80. The summed E-state index contributed by atoms with van der Waals surface area (Å²) in [5.74, 6) is -0.639. The Morgan fingerprint density at radius 3 is 2.15 bits per heavy atom. The Labute approximate surface area is 207 Å². The maximum atomic E-state index is 13.4. The lowest BCUT2D eigenvalue weighted by molar-refractivity contribution is -0.146. The quantitative estimate of drug-likeness (QED) is 0.253. The van der Waals surface area contributed by atoms with Crippen LogP contribution in [0, 0.1) is 11.8 Å². The highest BCUT2D eigenvalue weighted by Crippen LogP contribution is 2.29. The topological polar surface area (TPSA) is 89.9 Å². The van der Waals surface area contributed by atoms with Crippen LogP contribution in [-0.2, 0) is 25.5 Å². The second-order valence-corrected chi connectivity index (χ2v) is 9.47. The van der Waals surface area contributed by atoms with Crippen molar-refractivity contribution in [2.24, 2.45) is 11.8 Å². The number of rotatable bonds is 11. The molecule has 0 spiro atoms. The molecule has 0 saturated carbocycles. The van der Waals surface area contributed by atoms with Crippen molar-refractivity contribution in [1.82, 2.24) is 0 Å². The molecule has 7 heteroatoms.